The maximum Gasteiger partial charge on any atom is 0.220 e. The van der Waals surface area contributed by atoms with Gasteiger partial charge in [0.25, 0.3) is 0 Å². The second kappa shape index (κ2) is 42.8. The second-order valence-corrected chi connectivity index (χ2v) is 20.4. The van der Waals surface area contributed by atoms with Crippen molar-refractivity contribution < 1.29 is 64.6 Å². The molecule has 2 heterocycles. The predicted octanol–water partition coefficient (Wildman–Crippen LogP) is 8.89. The van der Waals surface area contributed by atoms with E-state index in [1.807, 2.05) is 0 Å². The number of unbranched alkanes of at least 4 members (excludes halogenated alkanes) is 28. The van der Waals surface area contributed by atoms with Gasteiger partial charge in [-0.25, -0.2) is 0 Å². The molecule has 0 spiro atoms. The summed E-state index contributed by atoms with van der Waals surface area (Å²) in [6.07, 6.45) is 32.1. The molecule has 2 rings (SSSR count). The van der Waals surface area contributed by atoms with Crippen molar-refractivity contribution in [1.29, 1.82) is 0 Å². The van der Waals surface area contributed by atoms with Crippen LogP contribution in [0.15, 0.2) is 24.3 Å². The molecular formula is C56H105NO13. The van der Waals surface area contributed by atoms with Crippen LogP contribution in [0, 0.1) is 0 Å². The average molecular weight is 1000 g/mol. The highest BCUT2D eigenvalue weighted by Gasteiger charge is 2.51. The smallest absolute Gasteiger partial charge is 0.220 e. The van der Waals surface area contributed by atoms with Crippen molar-refractivity contribution in [3.05, 3.63) is 24.3 Å². The Kier molecular flexibility index (Phi) is 39.5. The average Bonchev–Trinajstić information content (AvgIpc) is 3.36. The van der Waals surface area contributed by atoms with Gasteiger partial charge >= 0.3 is 0 Å². The lowest BCUT2D eigenvalue weighted by molar-refractivity contribution is -0.359. The molecule has 1 amide bonds. The van der Waals surface area contributed by atoms with Crippen molar-refractivity contribution in [2.24, 2.45) is 0 Å². The van der Waals surface area contributed by atoms with Gasteiger partial charge in [0.1, 0.15) is 48.8 Å². The summed E-state index contributed by atoms with van der Waals surface area (Å²) in [6.45, 7) is 2.82. The van der Waals surface area contributed by atoms with Crippen LogP contribution in [0.25, 0.3) is 0 Å². The normalized spacial score (nSPS) is 26.1. The Balaban J connectivity index is 1.66. The minimum atomic E-state index is -1.78. The van der Waals surface area contributed by atoms with Crippen molar-refractivity contribution >= 4 is 5.91 Å². The first-order chi connectivity index (χ1) is 34.1. The van der Waals surface area contributed by atoms with Gasteiger partial charge in [-0.3, -0.25) is 4.79 Å². The molecule has 12 atom stereocenters. The first kappa shape index (κ1) is 64.6. The molecule has 412 valence electrons. The highest BCUT2D eigenvalue weighted by Crippen LogP contribution is 2.30. The number of hydrogen-bond donors (Lipinski definition) is 9. The molecule has 12 unspecified atom stereocenters. The number of aliphatic hydroxyl groups is 8. The van der Waals surface area contributed by atoms with Crippen LogP contribution in [0.1, 0.15) is 232 Å². The SMILES string of the molecule is CCCCCCC/C=C\C/C=C\CCCCCCCCCCCCCCCCCC(=O)NC(COC1OC(CO)C(OC2OC(CO)C(O)C(O)C2O)C(O)C1O)C(O)CCCCCCCCCCC. The zero-order chi connectivity index (χ0) is 51.0. The van der Waals surface area contributed by atoms with E-state index >= 15 is 0 Å². The Morgan fingerprint density at radius 1 is 0.514 bits per heavy atom. The van der Waals surface area contributed by atoms with Crippen molar-refractivity contribution in [3.63, 3.8) is 0 Å². The van der Waals surface area contributed by atoms with Gasteiger partial charge in [-0.15, -0.1) is 0 Å². The molecule has 14 nitrogen and oxygen atoms in total. The van der Waals surface area contributed by atoms with Crippen LogP contribution in [0.3, 0.4) is 0 Å². The quantitative estimate of drug-likeness (QED) is 0.0205. The number of hydrogen-bond acceptors (Lipinski definition) is 13. The summed E-state index contributed by atoms with van der Waals surface area (Å²) in [5.74, 6) is -0.208. The molecular weight excluding hydrogens is 895 g/mol. The standard InChI is InChI=1S/C56H105NO13/c1-3-5-7-9-11-13-14-15-16-17-18-19-20-21-22-23-24-25-26-27-28-29-30-32-34-36-38-40-48(61)57-44(45(60)39-37-35-33-31-12-10-8-6-4-2)43-67-55-53(66)51(64)54(47(42-59)69-55)70-56-52(65)50(63)49(62)46(41-58)68-56/h14-15,17-18,44-47,49-56,58-60,62-66H,3-13,16,19-43H2,1-2H3,(H,57,61)/b15-14-,18-17-. The van der Waals surface area contributed by atoms with E-state index in [1.54, 1.807) is 0 Å². The summed E-state index contributed by atoms with van der Waals surface area (Å²) in [5, 5.41) is 86.9. The van der Waals surface area contributed by atoms with Crippen molar-refractivity contribution in [1.82, 2.24) is 5.32 Å². The Morgan fingerprint density at radius 3 is 1.43 bits per heavy atom. The number of carbonyl (C=O) groups is 1. The third-order valence-corrected chi connectivity index (χ3v) is 14.2. The zero-order valence-corrected chi connectivity index (χ0v) is 44.0. The third kappa shape index (κ3) is 28.8. The molecule has 2 saturated heterocycles. The third-order valence-electron chi connectivity index (χ3n) is 14.2. The van der Waals surface area contributed by atoms with Crippen molar-refractivity contribution in [2.75, 3.05) is 19.8 Å². The fourth-order valence-electron chi connectivity index (χ4n) is 9.50. The van der Waals surface area contributed by atoms with Crippen LogP contribution < -0.4 is 5.32 Å². The predicted molar refractivity (Wildman–Crippen MR) is 277 cm³/mol. The summed E-state index contributed by atoms with van der Waals surface area (Å²) in [7, 11) is 0. The number of rotatable bonds is 45. The van der Waals surface area contributed by atoms with Crippen LogP contribution in [0.5, 0.6) is 0 Å². The molecule has 2 aliphatic rings. The van der Waals surface area contributed by atoms with Crippen molar-refractivity contribution in [3.8, 4) is 0 Å². The lowest BCUT2D eigenvalue weighted by atomic mass is 9.97. The van der Waals surface area contributed by atoms with E-state index in [0.717, 1.165) is 57.8 Å². The van der Waals surface area contributed by atoms with Gasteiger partial charge in [0, 0.05) is 6.42 Å². The Hall–Kier alpha value is -1.53. The second-order valence-electron chi connectivity index (χ2n) is 20.4. The highest BCUT2D eigenvalue weighted by atomic mass is 16.7. The lowest BCUT2D eigenvalue weighted by Crippen LogP contribution is -2.65. The number of ether oxygens (including phenoxy) is 4. The van der Waals surface area contributed by atoms with Gasteiger partial charge in [0.2, 0.25) is 5.91 Å². The molecule has 2 fully saturated rings. The van der Waals surface area contributed by atoms with E-state index in [0.29, 0.717) is 12.8 Å². The fraction of sp³-hybridized carbons (Fsp3) is 0.911. The van der Waals surface area contributed by atoms with Gasteiger partial charge in [0.15, 0.2) is 12.6 Å². The zero-order valence-electron chi connectivity index (χ0n) is 44.0. The number of carbonyl (C=O) groups excluding carboxylic acids is 1. The Labute approximate surface area is 424 Å². The van der Waals surface area contributed by atoms with E-state index < -0.39 is 86.8 Å². The summed E-state index contributed by atoms with van der Waals surface area (Å²) in [5.41, 5.74) is 0. The maximum atomic E-state index is 13.2. The summed E-state index contributed by atoms with van der Waals surface area (Å²) in [4.78, 5) is 13.2. The Morgan fingerprint density at radius 2 is 0.943 bits per heavy atom. The van der Waals surface area contributed by atoms with Crippen molar-refractivity contribution in [2.45, 2.75) is 306 Å². The number of amides is 1. The lowest BCUT2D eigenvalue weighted by Gasteiger charge is -2.46. The van der Waals surface area contributed by atoms with Gasteiger partial charge < -0.3 is 65.1 Å². The van der Waals surface area contributed by atoms with E-state index in [1.165, 1.54) is 148 Å². The number of aliphatic hydroxyl groups excluding tert-OH is 8. The minimum absolute atomic E-state index is 0.208. The molecule has 0 bridgehead atoms. The minimum Gasteiger partial charge on any atom is -0.394 e. The molecule has 0 radical (unpaired) electrons. The molecule has 9 N–H and O–H groups in total. The van der Waals surface area contributed by atoms with Crippen LogP contribution in [0.4, 0.5) is 0 Å². The van der Waals surface area contributed by atoms with Crippen LogP contribution in [-0.2, 0) is 23.7 Å². The largest absolute Gasteiger partial charge is 0.394 e. The first-order valence-corrected chi connectivity index (χ1v) is 28.6. The number of allylic oxidation sites excluding steroid dienone is 4. The monoisotopic (exact) mass is 1000 g/mol. The molecule has 0 aromatic heterocycles. The van der Waals surface area contributed by atoms with E-state index in [2.05, 4.69) is 43.5 Å². The molecule has 0 aliphatic carbocycles. The van der Waals surface area contributed by atoms with Gasteiger partial charge in [0.05, 0.1) is 32.0 Å². The molecule has 14 heteroatoms. The maximum absolute atomic E-state index is 13.2. The van der Waals surface area contributed by atoms with Gasteiger partial charge in [-0.05, 0) is 44.9 Å². The molecule has 2 aliphatic heterocycles. The summed E-state index contributed by atoms with van der Waals surface area (Å²) < 4.78 is 22.7. The highest BCUT2D eigenvalue weighted by molar-refractivity contribution is 5.76. The Bertz CT molecular complexity index is 1270. The summed E-state index contributed by atoms with van der Waals surface area (Å²) >= 11 is 0. The van der Waals surface area contributed by atoms with Crippen LogP contribution in [0.2, 0.25) is 0 Å². The fourth-order valence-corrected chi connectivity index (χ4v) is 9.50. The van der Waals surface area contributed by atoms with E-state index in [4.69, 9.17) is 18.9 Å². The molecule has 0 aromatic rings. The van der Waals surface area contributed by atoms with Gasteiger partial charge in [-0.1, -0.05) is 205 Å². The topological polar surface area (TPSA) is 228 Å². The number of nitrogens with one attached hydrogen (secondary N) is 1. The van der Waals surface area contributed by atoms with E-state index in [-0.39, 0.29) is 12.5 Å². The van der Waals surface area contributed by atoms with Gasteiger partial charge in [-0.2, -0.15) is 0 Å². The molecule has 0 aromatic carbocycles. The van der Waals surface area contributed by atoms with Crippen LogP contribution in [-0.4, -0.2) is 140 Å². The molecule has 0 saturated carbocycles. The van der Waals surface area contributed by atoms with E-state index in [9.17, 15) is 45.6 Å². The first-order valence-electron chi connectivity index (χ1n) is 28.6. The van der Waals surface area contributed by atoms with Crippen LogP contribution >= 0.6 is 0 Å². The summed E-state index contributed by atoms with van der Waals surface area (Å²) in [6, 6.07) is -0.824. The molecule has 70 heavy (non-hydrogen) atoms.